The van der Waals surface area contributed by atoms with E-state index in [-0.39, 0.29) is 25.7 Å². The van der Waals surface area contributed by atoms with Crippen molar-refractivity contribution in [3.8, 4) is 0 Å². The molecule has 5 atom stereocenters. The number of carbonyl (C=O) groups is 4. The standard InChI is InChI=1S/C85H148O17P2/c1-5-9-13-17-21-25-29-33-37-38-39-40-44-46-50-54-58-62-66-70-83(88)96-76-81(102-85(90)72-68-64-60-56-52-48-43-36-32-28-24-20-16-12-8-4)78-100-104(93,94)98-74-79(86)73-97-103(91,92)99-77-80(101-84(89)71-67-63-59-55-51-47-42-35-31-27-23-19-15-11-7-3)75-95-82(87)69-65-61-57-53-49-45-41-34-30-26-22-18-14-10-6-2/h9,13,21,24-25,28,33-34,36-37,39-41,43,46,50,58,62,79-81,86H,5-8,10-12,14-20,22-23,26-27,29-32,35,38,42,44-45,47-49,51-57,59-61,63-78H2,1-4H3,(H,91,92)(H,93,94)/b13-9-,25-21-,28-24-,37-33-,40-39-,41-34-,43-36-,50-46-,62-58-. The van der Waals surface area contributed by atoms with Gasteiger partial charge in [-0.1, -0.05) is 310 Å². The SMILES string of the molecule is CC/C=C\C/C=C\C/C=C\C/C=C\C/C=C\C/C=C\CCC(=O)OCC(COP(=O)(O)OCC(O)COP(=O)(O)OCC(COC(=O)CCCCCCC/C=C\CCCCCCCC)OC(=O)CCCCCCCCCCCCCCCCC)OC(=O)CCCCCCC/C=C\C/C=C\CCCCC. The molecule has 0 aromatic heterocycles. The van der Waals surface area contributed by atoms with Gasteiger partial charge in [0.05, 0.1) is 26.4 Å². The van der Waals surface area contributed by atoms with E-state index in [0.29, 0.717) is 32.1 Å². The normalized spacial score (nSPS) is 14.4. The van der Waals surface area contributed by atoms with E-state index in [0.717, 1.165) is 141 Å². The third kappa shape index (κ3) is 75.9. The molecule has 0 amide bonds. The Morgan fingerprint density at radius 3 is 0.856 bits per heavy atom. The van der Waals surface area contributed by atoms with Gasteiger partial charge in [-0.3, -0.25) is 37.3 Å². The lowest BCUT2D eigenvalue weighted by atomic mass is 10.0. The fraction of sp³-hybridized carbons (Fsp3) is 0.741. The molecule has 600 valence electrons. The van der Waals surface area contributed by atoms with E-state index >= 15 is 0 Å². The highest BCUT2D eigenvalue weighted by atomic mass is 31.2. The lowest BCUT2D eigenvalue weighted by Crippen LogP contribution is -2.30. The minimum atomic E-state index is -5.00. The molecule has 0 spiro atoms. The highest BCUT2D eigenvalue weighted by molar-refractivity contribution is 7.47. The van der Waals surface area contributed by atoms with Crippen molar-refractivity contribution in [2.75, 3.05) is 39.6 Å². The van der Waals surface area contributed by atoms with E-state index < -0.39 is 97.5 Å². The average molecular weight is 1500 g/mol. The molecule has 0 fully saturated rings. The highest BCUT2D eigenvalue weighted by Gasteiger charge is 2.30. The van der Waals surface area contributed by atoms with E-state index in [9.17, 15) is 43.2 Å². The Labute approximate surface area is 632 Å². The van der Waals surface area contributed by atoms with Crippen LogP contribution in [0.15, 0.2) is 109 Å². The Hall–Kier alpha value is -4.28. The van der Waals surface area contributed by atoms with Gasteiger partial charge in [-0.15, -0.1) is 0 Å². The predicted molar refractivity (Wildman–Crippen MR) is 427 cm³/mol. The summed E-state index contributed by atoms with van der Waals surface area (Å²) in [4.78, 5) is 73.0. The van der Waals surface area contributed by atoms with Gasteiger partial charge in [-0.25, -0.2) is 9.13 Å². The van der Waals surface area contributed by atoms with Crippen LogP contribution >= 0.6 is 15.6 Å². The van der Waals surface area contributed by atoms with Crippen molar-refractivity contribution < 1.29 is 80.2 Å². The second kappa shape index (κ2) is 76.9. The van der Waals surface area contributed by atoms with E-state index in [4.69, 9.17) is 37.0 Å². The number of carbonyl (C=O) groups excluding carboxylic acids is 4. The Morgan fingerprint density at radius 2 is 0.519 bits per heavy atom. The number of rotatable bonds is 77. The number of hydrogen-bond donors (Lipinski definition) is 3. The largest absolute Gasteiger partial charge is 0.472 e. The van der Waals surface area contributed by atoms with Gasteiger partial charge in [0, 0.05) is 25.7 Å². The van der Waals surface area contributed by atoms with Gasteiger partial charge in [0.2, 0.25) is 0 Å². The van der Waals surface area contributed by atoms with E-state index in [1.54, 1.807) is 0 Å². The maximum atomic E-state index is 13.1. The average Bonchev–Trinajstić information content (AvgIpc) is 0.918. The van der Waals surface area contributed by atoms with Crippen LogP contribution in [0, 0.1) is 0 Å². The van der Waals surface area contributed by atoms with Gasteiger partial charge in [-0.05, 0) is 122 Å². The monoisotopic (exact) mass is 1500 g/mol. The Morgan fingerprint density at radius 1 is 0.279 bits per heavy atom. The van der Waals surface area contributed by atoms with Crippen LogP contribution in [0.1, 0.15) is 349 Å². The predicted octanol–water partition coefficient (Wildman–Crippen LogP) is 24.1. The van der Waals surface area contributed by atoms with Gasteiger partial charge in [0.1, 0.15) is 19.3 Å². The van der Waals surface area contributed by atoms with Crippen molar-refractivity contribution in [2.45, 2.75) is 367 Å². The highest BCUT2D eigenvalue weighted by Crippen LogP contribution is 2.45. The maximum Gasteiger partial charge on any atom is 0.472 e. The van der Waals surface area contributed by atoms with E-state index in [1.165, 1.54) is 122 Å². The van der Waals surface area contributed by atoms with Crippen LogP contribution in [0.2, 0.25) is 0 Å². The van der Waals surface area contributed by atoms with Gasteiger partial charge in [0.15, 0.2) is 12.2 Å². The molecule has 0 saturated carbocycles. The summed E-state index contributed by atoms with van der Waals surface area (Å²) in [6, 6.07) is 0. The number of hydrogen-bond acceptors (Lipinski definition) is 15. The van der Waals surface area contributed by atoms with Crippen LogP contribution < -0.4 is 0 Å². The number of ether oxygens (including phenoxy) is 4. The number of unbranched alkanes of at least 4 members (excludes halogenated alkanes) is 33. The molecule has 0 rings (SSSR count). The summed E-state index contributed by atoms with van der Waals surface area (Å²) in [5, 5.41) is 10.6. The summed E-state index contributed by atoms with van der Waals surface area (Å²) in [5.74, 6) is -2.28. The van der Waals surface area contributed by atoms with Crippen LogP contribution in [0.4, 0.5) is 0 Å². The molecule has 0 radical (unpaired) electrons. The number of phosphoric acid groups is 2. The summed E-state index contributed by atoms with van der Waals surface area (Å²) in [6.07, 6.45) is 83.6. The molecule has 0 aliphatic rings. The molecule has 0 aliphatic heterocycles. The molecular formula is C85H148O17P2. The van der Waals surface area contributed by atoms with Crippen molar-refractivity contribution in [1.29, 1.82) is 0 Å². The number of allylic oxidation sites excluding steroid dienone is 18. The van der Waals surface area contributed by atoms with Gasteiger partial charge in [-0.2, -0.15) is 0 Å². The Balaban J connectivity index is 5.42. The molecule has 17 nitrogen and oxygen atoms in total. The Kier molecular flexibility index (Phi) is 73.7. The molecule has 19 heteroatoms. The second-order valence-electron chi connectivity index (χ2n) is 27.3. The number of aliphatic hydroxyl groups excluding tert-OH is 1. The summed E-state index contributed by atoms with van der Waals surface area (Å²) >= 11 is 0. The molecule has 3 N–H and O–H groups in total. The van der Waals surface area contributed by atoms with Crippen molar-refractivity contribution in [3.05, 3.63) is 109 Å². The zero-order chi connectivity index (χ0) is 76.0. The molecule has 0 heterocycles. The smallest absolute Gasteiger partial charge is 0.462 e. The van der Waals surface area contributed by atoms with Gasteiger partial charge >= 0.3 is 39.5 Å². The Bertz CT molecular complexity index is 2390. The fourth-order valence-electron chi connectivity index (χ4n) is 11.0. The number of aliphatic hydroxyl groups is 1. The molecule has 0 bridgehead atoms. The third-order valence-corrected chi connectivity index (χ3v) is 19.1. The van der Waals surface area contributed by atoms with E-state index in [2.05, 4.69) is 119 Å². The first-order valence-electron chi connectivity index (χ1n) is 41.1. The molecular weight excluding hydrogens is 1350 g/mol. The number of esters is 4. The third-order valence-electron chi connectivity index (χ3n) is 17.2. The topological polar surface area (TPSA) is 237 Å². The van der Waals surface area contributed by atoms with E-state index in [1.807, 2.05) is 18.2 Å². The van der Waals surface area contributed by atoms with Gasteiger partial charge in [0.25, 0.3) is 0 Å². The lowest BCUT2D eigenvalue weighted by molar-refractivity contribution is -0.161. The van der Waals surface area contributed by atoms with Crippen molar-refractivity contribution in [2.24, 2.45) is 0 Å². The van der Waals surface area contributed by atoms with Crippen molar-refractivity contribution in [3.63, 3.8) is 0 Å². The first kappa shape index (κ1) is 99.7. The van der Waals surface area contributed by atoms with Crippen LogP contribution in [0.25, 0.3) is 0 Å². The fourth-order valence-corrected chi connectivity index (χ4v) is 12.6. The first-order valence-corrected chi connectivity index (χ1v) is 44.1. The summed E-state index contributed by atoms with van der Waals surface area (Å²) in [6.45, 7) is 4.67. The quantitative estimate of drug-likeness (QED) is 0.0169. The van der Waals surface area contributed by atoms with Crippen LogP contribution in [-0.2, 0) is 65.4 Å². The molecule has 0 aromatic rings. The minimum Gasteiger partial charge on any atom is -0.462 e. The second-order valence-corrected chi connectivity index (χ2v) is 30.2. The van der Waals surface area contributed by atoms with Gasteiger partial charge < -0.3 is 33.8 Å². The molecule has 0 saturated heterocycles. The summed E-state index contributed by atoms with van der Waals surface area (Å²) in [5.41, 5.74) is 0. The lowest BCUT2D eigenvalue weighted by Gasteiger charge is -2.21. The van der Waals surface area contributed by atoms with Crippen LogP contribution in [-0.4, -0.2) is 96.7 Å². The minimum absolute atomic E-state index is 0.0322. The molecule has 0 aromatic carbocycles. The zero-order valence-corrected chi connectivity index (χ0v) is 67.5. The molecule has 5 unspecified atom stereocenters. The molecule has 0 aliphatic carbocycles. The zero-order valence-electron chi connectivity index (χ0n) is 65.7. The summed E-state index contributed by atoms with van der Waals surface area (Å²) < 4.78 is 68.6. The molecule has 104 heavy (non-hydrogen) atoms. The van der Waals surface area contributed by atoms with Crippen LogP contribution in [0.5, 0.6) is 0 Å². The van der Waals surface area contributed by atoms with Crippen LogP contribution in [0.3, 0.4) is 0 Å². The maximum absolute atomic E-state index is 13.1. The summed E-state index contributed by atoms with van der Waals surface area (Å²) in [7, 11) is -9.98. The van der Waals surface area contributed by atoms with Crippen molar-refractivity contribution >= 4 is 39.5 Å². The first-order chi connectivity index (χ1) is 50.7. The van der Waals surface area contributed by atoms with Crippen molar-refractivity contribution in [1.82, 2.24) is 0 Å². The number of phosphoric ester groups is 2.